The monoisotopic (exact) mass is 268 g/mol. The van der Waals surface area contributed by atoms with E-state index in [9.17, 15) is 4.79 Å². The van der Waals surface area contributed by atoms with Crippen LogP contribution >= 0.6 is 11.6 Å². The van der Waals surface area contributed by atoms with E-state index in [0.29, 0.717) is 5.02 Å². The topological polar surface area (TPSA) is 53.4 Å². The van der Waals surface area contributed by atoms with Crippen LogP contribution in [0, 0.1) is 5.92 Å². The van der Waals surface area contributed by atoms with Gasteiger partial charge in [0.1, 0.15) is 0 Å². The first-order valence-electron chi connectivity index (χ1n) is 6.17. The van der Waals surface area contributed by atoms with Crippen molar-refractivity contribution in [1.29, 1.82) is 0 Å². The van der Waals surface area contributed by atoms with E-state index in [0.717, 1.165) is 38.0 Å². The minimum atomic E-state index is -0.705. The zero-order chi connectivity index (χ0) is 13.0. The number of rotatable bonds is 4. The summed E-state index contributed by atoms with van der Waals surface area (Å²) in [5, 5.41) is 9.52. The van der Waals surface area contributed by atoms with Crippen molar-refractivity contribution in [2.45, 2.75) is 25.8 Å². The third kappa shape index (κ3) is 3.68. The number of likely N-dealkylation sites (tertiary alicyclic amines) is 1. The number of carbonyl (C=O) groups is 1. The smallest absolute Gasteiger partial charge is 0.303 e. The third-order valence-electron chi connectivity index (χ3n) is 3.32. The lowest BCUT2D eigenvalue weighted by Gasteiger charge is -2.32. The second-order valence-corrected chi connectivity index (χ2v) is 5.22. The second kappa shape index (κ2) is 6.16. The average molecular weight is 269 g/mol. The van der Waals surface area contributed by atoms with Gasteiger partial charge in [0, 0.05) is 31.9 Å². The number of nitrogens with zero attached hydrogens (tertiary/aromatic N) is 2. The predicted molar refractivity (Wildman–Crippen MR) is 69.5 cm³/mol. The van der Waals surface area contributed by atoms with Crippen LogP contribution in [0.2, 0.25) is 5.02 Å². The number of halogens is 1. The van der Waals surface area contributed by atoms with Crippen LogP contribution in [0.5, 0.6) is 0 Å². The van der Waals surface area contributed by atoms with Crippen molar-refractivity contribution in [2.24, 2.45) is 5.92 Å². The summed E-state index contributed by atoms with van der Waals surface area (Å²) in [5.74, 6) is -0.444. The summed E-state index contributed by atoms with van der Waals surface area (Å²) in [4.78, 5) is 17.0. The quantitative estimate of drug-likeness (QED) is 0.911. The Labute approximate surface area is 112 Å². The van der Waals surface area contributed by atoms with Gasteiger partial charge < -0.3 is 5.11 Å². The van der Waals surface area contributed by atoms with Crippen LogP contribution in [0.25, 0.3) is 0 Å². The predicted octanol–water partition coefficient (Wildman–Crippen LogP) is 2.42. The molecule has 1 unspecified atom stereocenters. The molecule has 2 rings (SSSR count). The molecule has 1 aliphatic heterocycles. The van der Waals surface area contributed by atoms with Gasteiger partial charge in [-0.2, -0.15) is 0 Å². The summed E-state index contributed by atoms with van der Waals surface area (Å²) in [7, 11) is 0. The summed E-state index contributed by atoms with van der Waals surface area (Å²) < 4.78 is 0. The molecule has 1 aromatic heterocycles. The lowest BCUT2D eigenvalue weighted by atomic mass is 9.94. The molecule has 1 N–H and O–H groups in total. The summed E-state index contributed by atoms with van der Waals surface area (Å²) in [6, 6.07) is 1.92. The Bertz CT molecular complexity index is 425. The van der Waals surface area contributed by atoms with Crippen LogP contribution in [0.3, 0.4) is 0 Å². The van der Waals surface area contributed by atoms with E-state index in [2.05, 4.69) is 9.88 Å². The number of hydrogen-bond acceptors (Lipinski definition) is 3. The van der Waals surface area contributed by atoms with Gasteiger partial charge in [0.2, 0.25) is 0 Å². The Balaban J connectivity index is 1.93. The molecule has 0 spiro atoms. The van der Waals surface area contributed by atoms with Crippen LogP contribution in [0.1, 0.15) is 24.8 Å². The van der Waals surface area contributed by atoms with Crippen molar-refractivity contribution in [2.75, 3.05) is 13.1 Å². The second-order valence-electron chi connectivity index (χ2n) is 4.81. The van der Waals surface area contributed by atoms with Gasteiger partial charge in [-0.15, -0.1) is 0 Å². The van der Waals surface area contributed by atoms with E-state index in [1.807, 2.05) is 6.07 Å². The highest BCUT2D eigenvalue weighted by molar-refractivity contribution is 6.31. The fourth-order valence-corrected chi connectivity index (χ4v) is 2.66. The molecule has 0 saturated carbocycles. The number of pyridine rings is 1. The largest absolute Gasteiger partial charge is 0.481 e. The molecule has 18 heavy (non-hydrogen) atoms. The van der Waals surface area contributed by atoms with Crippen LogP contribution in [0.4, 0.5) is 0 Å². The average Bonchev–Trinajstić information content (AvgIpc) is 2.32. The molecule has 1 fully saturated rings. The van der Waals surface area contributed by atoms with Crippen LogP contribution in [-0.4, -0.2) is 34.0 Å². The number of carboxylic acid groups (broad SMARTS) is 1. The maximum Gasteiger partial charge on any atom is 0.303 e. The van der Waals surface area contributed by atoms with Gasteiger partial charge in [0.15, 0.2) is 0 Å². The minimum absolute atomic E-state index is 0.261. The normalized spacial score (nSPS) is 20.8. The Kier molecular flexibility index (Phi) is 4.55. The molecule has 0 amide bonds. The molecule has 0 bridgehead atoms. The van der Waals surface area contributed by atoms with Gasteiger partial charge in [0.05, 0.1) is 5.02 Å². The van der Waals surface area contributed by atoms with Gasteiger partial charge in [-0.25, -0.2) is 0 Å². The van der Waals surface area contributed by atoms with Crippen LogP contribution < -0.4 is 0 Å². The van der Waals surface area contributed by atoms with Gasteiger partial charge in [-0.1, -0.05) is 11.6 Å². The van der Waals surface area contributed by atoms with Crippen molar-refractivity contribution >= 4 is 17.6 Å². The van der Waals surface area contributed by atoms with Crippen LogP contribution in [-0.2, 0) is 11.3 Å². The minimum Gasteiger partial charge on any atom is -0.481 e. The Hall–Kier alpha value is -1.13. The van der Waals surface area contributed by atoms with Crippen molar-refractivity contribution in [1.82, 2.24) is 9.88 Å². The number of carboxylic acids is 1. The summed E-state index contributed by atoms with van der Waals surface area (Å²) in [6.07, 6.45) is 5.71. The first-order valence-corrected chi connectivity index (χ1v) is 6.55. The lowest BCUT2D eigenvalue weighted by Crippen LogP contribution is -2.35. The molecular weight excluding hydrogens is 252 g/mol. The highest BCUT2D eigenvalue weighted by Crippen LogP contribution is 2.23. The van der Waals surface area contributed by atoms with E-state index < -0.39 is 5.97 Å². The van der Waals surface area contributed by atoms with Gasteiger partial charge in [0.25, 0.3) is 0 Å². The van der Waals surface area contributed by atoms with Crippen LogP contribution in [0.15, 0.2) is 18.5 Å². The Morgan fingerprint density at radius 3 is 3.17 bits per heavy atom. The maximum atomic E-state index is 10.7. The molecule has 1 aromatic rings. The van der Waals surface area contributed by atoms with Crippen molar-refractivity contribution in [3.8, 4) is 0 Å². The zero-order valence-corrected chi connectivity index (χ0v) is 10.9. The van der Waals surface area contributed by atoms with E-state index in [1.54, 1.807) is 12.4 Å². The summed E-state index contributed by atoms with van der Waals surface area (Å²) in [5.41, 5.74) is 1.06. The molecule has 1 aliphatic rings. The number of aromatic nitrogens is 1. The molecule has 1 saturated heterocycles. The van der Waals surface area contributed by atoms with E-state index in [-0.39, 0.29) is 12.3 Å². The third-order valence-corrected chi connectivity index (χ3v) is 3.66. The standard InChI is InChI=1S/C13H17ClN2O2/c14-12-7-15-4-3-11(12)9-16-5-1-2-10(8-16)6-13(17)18/h3-4,7,10H,1-2,5-6,8-9H2,(H,17,18). The molecule has 5 heteroatoms. The SMILES string of the molecule is O=C(O)CC1CCCN(Cc2ccncc2Cl)C1. The lowest BCUT2D eigenvalue weighted by molar-refractivity contribution is -0.138. The fraction of sp³-hybridized carbons (Fsp3) is 0.538. The molecule has 98 valence electrons. The van der Waals surface area contributed by atoms with Crippen molar-refractivity contribution in [3.05, 3.63) is 29.0 Å². The van der Waals surface area contributed by atoms with Gasteiger partial charge in [-0.3, -0.25) is 14.7 Å². The number of hydrogen-bond donors (Lipinski definition) is 1. The Morgan fingerprint density at radius 1 is 1.61 bits per heavy atom. The highest BCUT2D eigenvalue weighted by Gasteiger charge is 2.22. The van der Waals surface area contributed by atoms with E-state index in [4.69, 9.17) is 16.7 Å². The zero-order valence-electron chi connectivity index (χ0n) is 10.2. The first kappa shape index (κ1) is 13.3. The Morgan fingerprint density at radius 2 is 2.44 bits per heavy atom. The van der Waals surface area contributed by atoms with E-state index >= 15 is 0 Å². The van der Waals surface area contributed by atoms with Gasteiger partial charge in [-0.05, 0) is 36.9 Å². The molecule has 4 nitrogen and oxygen atoms in total. The molecule has 1 atom stereocenters. The molecule has 0 aliphatic carbocycles. The summed E-state index contributed by atoms with van der Waals surface area (Å²) >= 11 is 6.08. The van der Waals surface area contributed by atoms with Crippen molar-refractivity contribution < 1.29 is 9.90 Å². The maximum absolute atomic E-state index is 10.7. The highest BCUT2D eigenvalue weighted by atomic mass is 35.5. The van der Waals surface area contributed by atoms with Crippen molar-refractivity contribution in [3.63, 3.8) is 0 Å². The summed E-state index contributed by atoms with van der Waals surface area (Å²) in [6.45, 7) is 2.62. The number of aliphatic carboxylic acids is 1. The molecule has 2 heterocycles. The van der Waals surface area contributed by atoms with E-state index in [1.165, 1.54) is 0 Å². The molecule has 0 aromatic carbocycles. The molecular formula is C13H17ClN2O2. The number of piperidine rings is 1. The van der Waals surface area contributed by atoms with Gasteiger partial charge >= 0.3 is 5.97 Å². The first-order chi connectivity index (χ1) is 8.65. The fourth-order valence-electron chi connectivity index (χ4n) is 2.48. The molecule has 0 radical (unpaired) electrons.